The fourth-order valence-electron chi connectivity index (χ4n) is 0.0408. The molecule has 0 atom stereocenters. The van der Waals surface area contributed by atoms with Crippen LogP contribution in [0.2, 0.25) is 0 Å². The van der Waals surface area contributed by atoms with Crippen molar-refractivity contribution in [2.75, 3.05) is 12.4 Å². The molecule has 0 aliphatic carbocycles. The van der Waals surface area contributed by atoms with Gasteiger partial charge in [-0.2, -0.15) is 0 Å². The van der Waals surface area contributed by atoms with Gasteiger partial charge in [0.2, 0.25) is 0 Å². The van der Waals surface area contributed by atoms with Crippen LogP contribution >= 0.6 is 8.52 Å². The van der Waals surface area contributed by atoms with Gasteiger partial charge < -0.3 is 0 Å². The quantitative estimate of drug-likeness (QED) is 0.709. The third kappa shape index (κ3) is 5.19. The average molecular weight is 286 g/mol. The molecule has 0 heterocycles. The maximum atomic E-state index is 8.06. The van der Waals surface area contributed by atoms with Crippen LogP contribution in [-0.4, -0.2) is 40.7 Å². The van der Waals surface area contributed by atoms with E-state index in [0.717, 1.165) is 5.75 Å². The summed E-state index contributed by atoms with van der Waals surface area (Å²) in [7, 11) is 1.76. The Hall–Kier alpha value is 1.19. The predicted molar refractivity (Wildman–Crippen MR) is 25.3 cm³/mol. The SMILES string of the molecule is OCC[S][Bi]. The van der Waals surface area contributed by atoms with Crippen LogP contribution < -0.4 is 0 Å². The average Bonchev–Trinajstić information content (AvgIpc) is 1.41. The molecule has 0 aliphatic rings. The molecule has 0 aromatic rings. The van der Waals surface area contributed by atoms with Crippen LogP contribution in [0, 0.1) is 0 Å². The van der Waals surface area contributed by atoms with Gasteiger partial charge >= 0.3 is 49.2 Å². The van der Waals surface area contributed by atoms with Gasteiger partial charge in [-0.1, -0.05) is 0 Å². The predicted octanol–water partition coefficient (Wildman–Crippen LogP) is -0.205. The number of hydrogen-bond donors (Lipinski definition) is 1. The molecule has 0 saturated carbocycles. The molecule has 0 aromatic heterocycles. The minimum atomic E-state index is 0.334. The van der Waals surface area contributed by atoms with Crippen LogP contribution in [0.1, 0.15) is 0 Å². The summed E-state index contributed by atoms with van der Waals surface area (Å²) in [5, 5.41) is 8.06. The van der Waals surface area contributed by atoms with Crippen molar-refractivity contribution in [2.24, 2.45) is 0 Å². The molecule has 2 radical (unpaired) electrons. The molecule has 0 rings (SSSR count). The van der Waals surface area contributed by atoms with Crippen molar-refractivity contribution in [2.45, 2.75) is 0 Å². The topological polar surface area (TPSA) is 20.2 Å². The first-order chi connectivity index (χ1) is 2.41. The van der Waals surface area contributed by atoms with E-state index in [0.29, 0.717) is 6.61 Å². The fourth-order valence-corrected chi connectivity index (χ4v) is 1.07. The van der Waals surface area contributed by atoms with Crippen molar-refractivity contribution in [3.63, 3.8) is 0 Å². The molecule has 0 unspecified atom stereocenters. The van der Waals surface area contributed by atoms with Crippen molar-refractivity contribution in [1.82, 2.24) is 0 Å². The summed E-state index contributed by atoms with van der Waals surface area (Å²) in [6.45, 7) is 0.334. The first-order valence-corrected chi connectivity index (χ1v) is 6.49. The van der Waals surface area contributed by atoms with Crippen LogP contribution in [0.3, 0.4) is 0 Å². The van der Waals surface area contributed by atoms with Gasteiger partial charge in [-0.3, -0.25) is 0 Å². The number of aliphatic hydroxyl groups is 1. The zero-order valence-electron chi connectivity index (χ0n) is 2.72. The van der Waals surface area contributed by atoms with Crippen molar-refractivity contribution in [1.29, 1.82) is 0 Å². The summed E-state index contributed by atoms with van der Waals surface area (Å²) in [6, 6.07) is 0. The van der Waals surface area contributed by atoms with Crippen molar-refractivity contribution >= 4 is 31.8 Å². The molecule has 0 saturated heterocycles. The molecular formula is C2H5BiOS. The van der Waals surface area contributed by atoms with Crippen LogP contribution in [0.15, 0.2) is 0 Å². The minimum absolute atomic E-state index is 0.334. The second-order valence-corrected chi connectivity index (χ2v) is 4.23. The Balaban J connectivity index is 2.19. The van der Waals surface area contributed by atoms with Crippen molar-refractivity contribution in [3.8, 4) is 0 Å². The van der Waals surface area contributed by atoms with Crippen LogP contribution in [0.5, 0.6) is 0 Å². The molecule has 30 valence electrons. The Kier molecular flexibility index (Phi) is 6.43. The molecule has 3 heteroatoms. The summed E-state index contributed by atoms with van der Waals surface area (Å²) < 4.78 is 0. The van der Waals surface area contributed by atoms with E-state index in [9.17, 15) is 0 Å². The molecule has 0 fully saturated rings. The Labute approximate surface area is 49.2 Å². The fraction of sp³-hybridized carbons (Fsp3) is 1.00. The second-order valence-electron chi connectivity index (χ2n) is 0.557. The van der Waals surface area contributed by atoms with E-state index in [-0.39, 0.29) is 0 Å². The Bertz CT molecular complexity index is 17.1. The monoisotopic (exact) mass is 286 g/mol. The molecular weight excluding hydrogens is 281 g/mol. The van der Waals surface area contributed by atoms with Crippen LogP contribution in [0.4, 0.5) is 0 Å². The Morgan fingerprint density at radius 2 is 2.40 bits per heavy atom. The molecule has 0 bridgehead atoms. The van der Waals surface area contributed by atoms with E-state index < -0.39 is 0 Å². The summed E-state index contributed by atoms with van der Waals surface area (Å²) >= 11 is 1.32. The molecule has 0 spiro atoms. The molecule has 1 N–H and O–H groups in total. The van der Waals surface area contributed by atoms with E-state index in [1.807, 2.05) is 0 Å². The molecule has 5 heavy (non-hydrogen) atoms. The molecule has 0 amide bonds. The van der Waals surface area contributed by atoms with Gasteiger partial charge in [-0.15, -0.1) is 0 Å². The van der Waals surface area contributed by atoms with Gasteiger partial charge in [0, 0.05) is 0 Å². The van der Waals surface area contributed by atoms with E-state index in [1.165, 1.54) is 23.3 Å². The summed E-state index contributed by atoms with van der Waals surface area (Å²) in [4.78, 5) is 0. The Morgan fingerprint density at radius 3 is 2.40 bits per heavy atom. The van der Waals surface area contributed by atoms with E-state index in [4.69, 9.17) is 5.11 Å². The normalized spacial score (nSPS) is 8.40. The second kappa shape index (κ2) is 5.19. The van der Waals surface area contributed by atoms with Crippen LogP contribution in [-0.2, 0) is 0 Å². The number of rotatable bonds is 2. The number of hydrogen-bond acceptors (Lipinski definition) is 2. The molecule has 1 nitrogen and oxygen atoms in total. The number of aliphatic hydroxyl groups excluding tert-OH is 1. The van der Waals surface area contributed by atoms with E-state index in [2.05, 4.69) is 0 Å². The summed E-state index contributed by atoms with van der Waals surface area (Å²) in [5.74, 6) is 0.910. The third-order valence-electron chi connectivity index (χ3n) is 0.183. The molecule has 0 aliphatic heterocycles. The zero-order chi connectivity index (χ0) is 4.12. The standard InChI is InChI=1S/C2H6OS.Bi/c3-1-2-4;/h3-4H,1-2H2;/q;+1/p-1. The van der Waals surface area contributed by atoms with E-state index >= 15 is 0 Å². The summed E-state index contributed by atoms with van der Waals surface area (Å²) in [6.07, 6.45) is 0. The van der Waals surface area contributed by atoms with Crippen LogP contribution in [0.25, 0.3) is 0 Å². The molecule has 0 aromatic carbocycles. The van der Waals surface area contributed by atoms with E-state index in [1.54, 1.807) is 8.52 Å². The van der Waals surface area contributed by atoms with Gasteiger partial charge in [-0.25, -0.2) is 0 Å². The maximum absolute atomic E-state index is 8.06. The third-order valence-corrected chi connectivity index (χ3v) is 2.68. The first kappa shape index (κ1) is 6.19. The van der Waals surface area contributed by atoms with Crippen molar-refractivity contribution in [3.05, 3.63) is 0 Å². The van der Waals surface area contributed by atoms with Gasteiger partial charge in [0.05, 0.1) is 0 Å². The van der Waals surface area contributed by atoms with Gasteiger partial charge in [0.1, 0.15) is 0 Å². The first-order valence-electron chi connectivity index (χ1n) is 1.29. The zero-order valence-corrected chi connectivity index (χ0v) is 7.01. The van der Waals surface area contributed by atoms with Gasteiger partial charge in [0.15, 0.2) is 0 Å². The van der Waals surface area contributed by atoms with Crippen molar-refractivity contribution < 1.29 is 5.11 Å². The van der Waals surface area contributed by atoms with Gasteiger partial charge in [0.25, 0.3) is 0 Å². The Morgan fingerprint density at radius 1 is 1.80 bits per heavy atom. The summed E-state index contributed by atoms with van der Waals surface area (Å²) in [5.41, 5.74) is 0. The van der Waals surface area contributed by atoms with Gasteiger partial charge in [-0.05, 0) is 0 Å².